The molecule has 0 unspecified atom stereocenters. The van der Waals surface area contributed by atoms with Crippen LogP contribution in [0.3, 0.4) is 0 Å². The molecule has 2 rings (SSSR count). The third kappa shape index (κ3) is 3.03. The average molecular weight is 227 g/mol. The maximum absolute atomic E-state index is 4.43. The van der Waals surface area contributed by atoms with Crippen molar-refractivity contribution in [2.75, 3.05) is 5.32 Å². The first-order valence-corrected chi connectivity index (χ1v) is 5.75. The number of benzene rings is 1. The summed E-state index contributed by atoms with van der Waals surface area (Å²) >= 11 is 0. The van der Waals surface area contributed by atoms with Gasteiger partial charge in [0.2, 0.25) is 0 Å². The van der Waals surface area contributed by atoms with E-state index in [1.807, 2.05) is 13.8 Å². The van der Waals surface area contributed by atoms with Gasteiger partial charge in [0.05, 0.1) is 17.6 Å². The summed E-state index contributed by atoms with van der Waals surface area (Å²) in [4.78, 5) is 8.71. The molecule has 0 saturated heterocycles. The molecular weight excluding hydrogens is 210 g/mol. The normalized spacial score (nSPS) is 10.3. The SMILES string of the molecule is Cc1ccc(CNc2cnc(C)c(C)n2)cc1. The van der Waals surface area contributed by atoms with Crippen LogP contribution in [0.4, 0.5) is 5.82 Å². The number of hydrogen-bond donors (Lipinski definition) is 1. The van der Waals surface area contributed by atoms with Crippen LogP contribution in [0.2, 0.25) is 0 Å². The lowest BCUT2D eigenvalue weighted by molar-refractivity contribution is 1.02. The average Bonchev–Trinajstić information content (AvgIpc) is 2.33. The number of nitrogens with one attached hydrogen (secondary N) is 1. The third-order valence-corrected chi connectivity index (χ3v) is 2.79. The molecule has 88 valence electrons. The summed E-state index contributed by atoms with van der Waals surface area (Å²) in [5.41, 5.74) is 4.47. The Balaban J connectivity index is 2.02. The number of rotatable bonds is 3. The molecule has 0 aliphatic carbocycles. The lowest BCUT2D eigenvalue weighted by Gasteiger charge is -2.07. The second-order valence-corrected chi connectivity index (χ2v) is 4.27. The summed E-state index contributed by atoms with van der Waals surface area (Å²) in [5.74, 6) is 0.827. The number of aromatic nitrogens is 2. The Labute approximate surface area is 102 Å². The zero-order valence-corrected chi connectivity index (χ0v) is 10.5. The summed E-state index contributed by atoms with van der Waals surface area (Å²) in [6.45, 7) is 6.80. The Hall–Kier alpha value is -1.90. The molecule has 0 saturated carbocycles. The van der Waals surface area contributed by atoms with Crippen LogP contribution in [0.5, 0.6) is 0 Å². The van der Waals surface area contributed by atoms with Gasteiger partial charge >= 0.3 is 0 Å². The van der Waals surface area contributed by atoms with Gasteiger partial charge in [0.1, 0.15) is 5.82 Å². The van der Waals surface area contributed by atoms with Crippen LogP contribution in [0.25, 0.3) is 0 Å². The largest absolute Gasteiger partial charge is 0.365 e. The smallest absolute Gasteiger partial charge is 0.145 e. The van der Waals surface area contributed by atoms with Crippen molar-refractivity contribution < 1.29 is 0 Å². The molecule has 0 atom stereocenters. The minimum absolute atomic E-state index is 0.775. The Morgan fingerprint density at radius 2 is 1.71 bits per heavy atom. The van der Waals surface area contributed by atoms with Crippen LogP contribution >= 0.6 is 0 Å². The van der Waals surface area contributed by atoms with Crippen LogP contribution in [0.15, 0.2) is 30.5 Å². The van der Waals surface area contributed by atoms with E-state index in [-0.39, 0.29) is 0 Å². The number of hydrogen-bond acceptors (Lipinski definition) is 3. The molecule has 0 bridgehead atoms. The molecule has 0 spiro atoms. The van der Waals surface area contributed by atoms with Gasteiger partial charge < -0.3 is 5.32 Å². The highest BCUT2D eigenvalue weighted by atomic mass is 15.0. The predicted octanol–water partition coefficient (Wildman–Crippen LogP) is 3.01. The Morgan fingerprint density at radius 1 is 1.00 bits per heavy atom. The molecule has 0 aliphatic heterocycles. The van der Waals surface area contributed by atoms with Crippen molar-refractivity contribution in [2.45, 2.75) is 27.3 Å². The quantitative estimate of drug-likeness (QED) is 0.875. The zero-order chi connectivity index (χ0) is 12.3. The predicted molar refractivity (Wildman–Crippen MR) is 70.0 cm³/mol. The molecule has 0 radical (unpaired) electrons. The van der Waals surface area contributed by atoms with Crippen molar-refractivity contribution in [1.29, 1.82) is 0 Å². The van der Waals surface area contributed by atoms with Gasteiger partial charge in [0.25, 0.3) is 0 Å². The van der Waals surface area contributed by atoms with Crippen LogP contribution in [-0.4, -0.2) is 9.97 Å². The summed E-state index contributed by atoms with van der Waals surface area (Å²) in [5, 5.41) is 3.27. The molecule has 0 fully saturated rings. The Morgan fingerprint density at radius 3 is 2.35 bits per heavy atom. The fourth-order valence-electron chi connectivity index (χ4n) is 1.53. The maximum atomic E-state index is 4.43. The van der Waals surface area contributed by atoms with Crippen molar-refractivity contribution in [2.24, 2.45) is 0 Å². The second-order valence-electron chi connectivity index (χ2n) is 4.27. The molecule has 1 aromatic heterocycles. The first-order valence-electron chi connectivity index (χ1n) is 5.75. The molecule has 0 aliphatic rings. The van der Waals surface area contributed by atoms with Gasteiger partial charge in [0, 0.05) is 6.54 Å². The van der Waals surface area contributed by atoms with E-state index >= 15 is 0 Å². The summed E-state index contributed by atoms with van der Waals surface area (Å²) in [6.07, 6.45) is 1.77. The highest BCUT2D eigenvalue weighted by Gasteiger charge is 1.99. The highest BCUT2D eigenvalue weighted by molar-refractivity contribution is 5.35. The van der Waals surface area contributed by atoms with Crippen LogP contribution in [0.1, 0.15) is 22.5 Å². The maximum Gasteiger partial charge on any atom is 0.145 e. The van der Waals surface area contributed by atoms with Gasteiger partial charge in [-0.25, -0.2) is 4.98 Å². The number of anilines is 1. The zero-order valence-electron chi connectivity index (χ0n) is 10.5. The molecule has 1 aromatic carbocycles. The fourth-order valence-corrected chi connectivity index (χ4v) is 1.53. The van der Waals surface area contributed by atoms with E-state index < -0.39 is 0 Å². The van der Waals surface area contributed by atoms with E-state index in [2.05, 4.69) is 46.5 Å². The highest BCUT2D eigenvalue weighted by Crippen LogP contribution is 2.08. The summed E-state index contributed by atoms with van der Waals surface area (Å²) in [7, 11) is 0. The van der Waals surface area contributed by atoms with Crippen molar-refractivity contribution in [3.8, 4) is 0 Å². The Kier molecular flexibility index (Phi) is 3.38. The molecule has 2 aromatic rings. The minimum Gasteiger partial charge on any atom is -0.365 e. The number of nitrogens with zero attached hydrogens (tertiary/aromatic N) is 2. The molecule has 3 nitrogen and oxygen atoms in total. The van der Waals surface area contributed by atoms with E-state index in [9.17, 15) is 0 Å². The van der Waals surface area contributed by atoms with Crippen molar-refractivity contribution in [1.82, 2.24) is 9.97 Å². The van der Waals surface area contributed by atoms with E-state index in [0.717, 1.165) is 23.8 Å². The van der Waals surface area contributed by atoms with Gasteiger partial charge in [-0.05, 0) is 26.3 Å². The van der Waals surface area contributed by atoms with Crippen LogP contribution < -0.4 is 5.32 Å². The molecule has 1 heterocycles. The van der Waals surface area contributed by atoms with Crippen molar-refractivity contribution in [3.05, 3.63) is 53.0 Å². The molecular formula is C14H17N3. The Bertz CT molecular complexity index is 503. The fraction of sp³-hybridized carbons (Fsp3) is 0.286. The lowest BCUT2D eigenvalue weighted by Crippen LogP contribution is -2.03. The first kappa shape index (κ1) is 11.6. The number of aryl methyl sites for hydroxylation is 3. The van der Waals surface area contributed by atoms with Gasteiger partial charge in [-0.1, -0.05) is 29.8 Å². The lowest BCUT2D eigenvalue weighted by atomic mass is 10.1. The van der Waals surface area contributed by atoms with E-state index in [4.69, 9.17) is 0 Å². The minimum atomic E-state index is 0.775. The molecule has 17 heavy (non-hydrogen) atoms. The van der Waals surface area contributed by atoms with Gasteiger partial charge in [-0.15, -0.1) is 0 Å². The molecule has 3 heteroatoms. The molecule has 1 N–H and O–H groups in total. The topological polar surface area (TPSA) is 37.8 Å². The van der Waals surface area contributed by atoms with E-state index in [0.29, 0.717) is 0 Å². The van der Waals surface area contributed by atoms with E-state index in [1.165, 1.54) is 11.1 Å². The van der Waals surface area contributed by atoms with Gasteiger partial charge in [-0.3, -0.25) is 4.98 Å². The third-order valence-electron chi connectivity index (χ3n) is 2.79. The van der Waals surface area contributed by atoms with Crippen LogP contribution in [-0.2, 0) is 6.54 Å². The summed E-state index contributed by atoms with van der Waals surface area (Å²) in [6, 6.07) is 8.47. The van der Waals surface area contributed by atoms with Crippen LogP contribution in [0, 0.1) is 20.8 Å². The van der Waals surface area contributed by atoms with Crippen molar-refractivity contribution in [3.63, 3.8) is 0 Å². The standard InChI is InChI=1S/C14H17N3/c1-10-4-6-13(7-5-10)8-16-14-9-15-11(2)12(3)17-14/h4-7,9H,8H2,1-3H3,(H,16,17). The van der Waals surface area contributed by atoms with Crippen molar-refractivity contribution >= 4 is 5.82 Å². The van der Waals surface area contributed by atoms with E-state index in [1.54, 1.807) is 6.20 Å². The molecule has 0 amide bonds. The summed E-state index contributed by atoms with van der Waals surface area (Å²) < 4.78 is 0. The van der Waals surface area contributed by atoms with Gasteiger partial charge in [-0.2, -0.15) is 0 Å². The van der Waals surface area contributed by atoms with Gasteiger partial charge in [0.15, 0.2) is 0 Å². The second kappa shape index (κ2) is 4.95. The monoisotopic (exact) mass is 227 g/mol. The first-order chi connectivity index (χ1) is 8.15.